The van der Waals surface area contributed by atoms with Gasteiger partial charge >= 0.3 is 0 Å². The maximum Gasteiger partial charge on any atom is 0.290 e. The molecule has 0 radical (unpaired) electrons. The van der Waals surface area contributed by atoms with E-state index in [4.69, 9.17) is 4.42 Å². The minimum absolute atomic E-state index is 0.00890. The quantitative estimate of drug-likeness (QED) is 0.540. The van der Waals surface area contributed by atoms with Crippen molar-refractivity contribution in [1.29, 1.82) is 0 Å². The van der Waals surface area contributed by atoms with Crippen LogP contribution in [0.15, 0.2) is 71.5 Å². The van der Waals surface area contributed by atoms with E-state index in [-0.39, 0.29) is 30.0 Å². The third-order valence-corrected chi connectivity index (χ3v) is 4.90. The molecule has 158 valence electrons. The molecule has 6 nitrogen and oxygen atoms in total. The number of furan rings is 1. The standard InChI is InChI=1S/C24H29N3O3/c1-19(2)15-27(24(29)22-12-8-14-30-22)18-23(28)26(16-20-9-5-4-6-10-20)17-21-11-7-13-25(21)3/h4-14,19H,15-18H2,1-3H3. The summed E-state index contributed by atoms with van der Waals surface area (Å²) in [4.78, 5) is 29.6. The van der Waals surface area contributed by atoms with Gasteiger partial charge in [-0.05, 0) is 35.7 Å². The van der Waals surface area contributed by atoms with Gasteiger partial charge in [0, 0.05) is 32.0 Å². The first-order valence-electron chi connectivity index (χ1n) is 10.2. The van der Waals surface area contributed by atoms with Crippen LogP contribution in [0.25, 0.3) is 0 Å². The van der Waals surface area contributed by atoms with Gasteiger partial charge in [-0.1, -0.05) is 44.2 Å². The van der Waals surface area contributed by atoms with Gasteiger partial charge in [-0.15, -0.1) is 0 Å². The second-order valence-electron chi connectivity index (χ2n) is 7.90. The number of carbonyl (C=O) groups is 2. The summed E-state index contributed by atoms with van der Waals surface area (Å²) in [7, 11) is 1.96. The van der Waals surface area contributed by atoms with Crippen molar-refractivity contribution in [1.82, 2.24) is 14.4 Å². The summed E-state index contributed by atoms with van der Waals surface area (Å²) in [6, 6.07) is 17.2. The van der Waals surface area contributed by atoms with E-state index in [1.165, 1.54) is 6.26 Å². The van der Waals surface area contributed by atoms with Crippen LogP contribution < -0.4 is 0 Å². The van der Waals surface area contributed by atoms with Crippen molar-refractivity contribution in [2.24, 2.45) is 13.0 Å². The Bertz CT molecular complexity index is 945. The molecule has 2 amide bonds. The smallest absolute Gasteiger partial charge is 0.290 e. The van der Waals surface area contributed by atoms with Crippen molar-refractivity contribution in [2.45, 2.75) is 26.9 Å². The molecular weight excluding hydrogens is 378 g/mol. The van der Waals surface area contributed by atoms with Crippen molar-refractivity contribution in [2.75, 3.05) is 13.1 Å². The van der Waals surface area contributed by atoms with Crippen LogP contribution in [0.1, 0.15) is 35.7 Å². The van der Waals surface area contributed by atoms with Crippen molar-refractivity contribution in [3.63, 3.8) is 0 Å². The van der Waals surface area contributed by atoms with Crippen molar-refractivity contribution < 1.29 is 14.0 Å². The van der Waals surface area contributed by atoms with Crippen LogP contribution in [-0.2, 0) is 24.9 Å². The zero-order valence-corrected chi connectivity index (χ0v) is 17.8. The molecule has 0 atom stereocenters. The number of hydrogen-bond acceptors (Lipinski definition) is 3. The molecule has 0 spiro atoms. The Kier molecular flexibility index (Phi) is 7.12. The lowest BCUT2D eigenvalue weighted by Gasteiger charge is -2.28. The minimum Gasteiger partial charge on any atom is -0.459 e. The maximum atomic E-state index is 13.3. The van der Waals surface area contributed by atoms with Crippen LogP contribution in [-0.4, -0.2) is 39.3 Å². The number of aromatic nitrogens is 1. The number of amides is 2. The van der Waals surface area contributed by atoms with E-state index in [1.54, 1.807) is 21.9 Å². The van der Waals surface area contributed by atoms with Crippen LogP contribution in [0.3, 0.4) is 0 Å². The summed E-state index contributed by atoms with van der Waals surface area (Å²) in [6.45, 7) is 5.50. The Labute approximate surface area is 177 Å². The molecule has 0 N–H and O–H groups in total. The molecule has 6 heteroatoms. The summed E-state index contributed by atoms with van der Waals surface area (Å²) in [5.74, 6) is 0.119. The van der Waals surface area contributed by atoms with E-state index in [0.29, 0.717) is 19.6 Å². The number of aryl methyl sites for hydroxylation is 1. The molecule has 3 aromatic rings. The molecule has 0 aliphatic rings. The highest BCUT2D eigenvalue weighted by Crippen LogP contribution is 2.14. The van der Waals surface area contributed by atoms with Crippen molar-refractivity contribution >= 4 is 11.8 Å². The fraction of sp³-hybridized carbons (Fsp3) is 0.333. The van der Waals surface area contributed by atoms with E-state index >= 15 is 0 Å². The second kappa shape index (κ2) is 9.96. The van der Waals surface area contributed by atoms with E-state index < -0.39 is 0 Å². The van der Waals surface area contributed by atoms with E-state index in [2.05, 4.69) is 0 Å². The monoisotopic (exact) mass is 407 g/mol. The first-order valence-corrected chi connectivity index (χ1v) is 10.2. The average molecular weight is 408 g/mol. The Morgan fingerprint density at radius 1 is 0.967 bits per heavy atom. The molecular formula is C24H29N3O3. The van der Waals surface area contributed by atoms with E-state index in [9.17, 15) is 9.59 Å². The largest absolute Gasteiger partial charge is 0.459 e. The van der Waals surface area contributed by atoms with Gasteiger partial charge in [0.2, 0.25) is 5.91 Å². The molecule has 0 saturated carbocycles. The molecule has 3 rings (SSSR count). The third kappa shape index (κ3) is 5.63. The number of benzene rings is 1. The predicted molar refractivity (Wildman–Crippen MR) is 116 cm³/mol. The van der Waals surface area contributed by atoms with Gasteiger partial charge < -0.3 is 18.8 Å². The lowest BCUT2D eigenvalue weighted by Crippen LogP contribution is -2.44. The highest BCUT2D eigenvalue weighted by atomic mass is 16.3. The summed E-state index contributed by atoms with van der Waals surface area (Å²) in [6.07, 6.45) is 3.44. The molecule has 0 unspecified atom stereocenters. The average Bonchev–Trinajstić information content (AvgIpc) is 3.39. The number of hydrogen-bond donors (Lipinski definition) is 0. The lowest BCUT2D eigenvalue weighted by molar-refractivity contribution is -0.133. The molecule has 0 bridgehead atoms. The van der Waals surface area contributed by atoms with Gasteiger partial charge in [0.15, 0.2) is 5.76 Å². The highest BCUT2D eigenvalue weighted by molar-refractivity contribution is 5.94. The fourth-order valence-corrected chi connectivity index (χ4v) is 3.37. The highest BCUT2D eigenvalue weighted by Gasteiger charge is 2.25. The van der Waals surface area contributed by atoms with E-state index in [0.717, 1.165) is 11.3 Å². The molecule has 1 aromatic carbocycles. The van der Waals surface area contributed by atoms with Crippen LogP contribution >= 0.6 is 0 Å². The number of carbonyl (C=O) groups excluding carboxylic acids is 2. The normalized spacial score (nSPS) is 10.9. The summed E-state index contributed by atoms with van der Waals surface area (Å²) >= 11 is 0. The number of nitrogens with zero attached hydrogens (tertiary/aromatic N) is 3. The molecule has 2 heterocycles. The second-order valence-corrected chi connectivity index (χ2v) is 7.90. The zero-order valence-electron chi connectivity index (χ0n) is 17.8. The van der Waals surface area contributed by atoms with Gasteiger partial charge in [-0.25, -0.2) is 0 Å². The molecule has 0 aliphatic carbocycles. The topological polar surface area (TPSA) is 58.7 Å². The predicted octanol–water partition coefficient (Wildman–Crippen LogP) is 3.95. The molecule has 2 aromatic heterocycles. The molecule has 0 aliphatic heterocycles. The Balaban J connectivity index is 1.80. The van der Waals surface area contributed by atoms with Crippen LogP contribution in [0.5, 0.6) is 0 Å². The Hall–Kier alpha value is -3.28. The van der Waals surface area contributed by atoms with Gasteiger partial charge in [0.05, 0.1) is 12.8 Å². The summed E-state index contributed by atoms with van der Waals surface area (Å²) in [5, 5.41) is 0. The SMILES string of the molecule is CC(C)CN(CC(=O)N(Cc1ccccc1)Cc1cccn1C)C(=O)c1ccco1. The first kappa shape index (κ1) is 21.4. The summed E-state index contributed by atoms with van der Waals surface area (Å²) in [5.41, 5.74) is 2.08. The van der Waals surface area contributed by atoms with Gasteiger partial charge in [-0.2, -0.15) is 0 Å². The Morgan fingerprint density at radius 2 is 1.73 bits per heavy atom. The maximum absolute atomic E-state index is 13.3. The first-order chi connectivity index (χ1) is 14.4. The van der Waals surface area contributed by atoms with Crippen LogP contribution in [0.4, 0.5) is 0 Å². The molecule has 30 heavy (non-hydrogen) atoms. The van der Waals surface area contributed by atoms with Crippen molar-refractivity contribution in [3.05, 3.63) is 84.1 Å². The summed E-state index contributed by atoms with van der Waals surface area (Å²) < 4.78 is 7.28. The fourth-order valence-electron chi connectivity index (χ4n) is 3.37. The van der Waals surface area contributed by atoms with Gasteiger partial charge in [-0.3, -0.25) is 9.59 Å². The Morgan fingerprint density at radius 3 is 2.33 bits per heavy atom. The van der Waals surface area contributed by atoms with Crippen molar-refractivity contribution in [3.8, 4) is 0 Å². The van der Waals surface area contributed by atoms with Gasteiger partial charge in [0.1, 0.15) is 6.54 Å². The minimum atomic E-state index is -0.263. The third-order valence-electron chi connectivity index (χ3n) is 4.90. The van der Waals surface area contributed by atoms with Crippen LogP contribution in [0.2, 0.25) is 0 Å². The zero-order chi connectivity index (χ0) is 21.5. The van der Waals surface area contributed by atoms with Crippen LogP contribution in [0, 0.1) is 5.92 Å². The molecule has 0 saturated heterocycles. The molecule has 0 fully saturated rings. The van der Waals surface area contributed by atoms with E-state index in [1.807, 2.05) is 74.1 Å². The number of rotatable bonds is 9. The lowest BCUT2D eigenvalue weighted by atomic mass is 10.2. The van der Waals surface area contributed by atoms with Gasteiger partial charge in [0.25, 0.3) is 5.91 Å².